The van der Waals surface area contributed by atoms with Crippen LogP contribution in [0.15, 0.2) is 35.5 Å². The minimum absolute atomic E-state index is 0.00236. The van der Waals surface area contributed by atoms with Gasteiger partial charge in [-0.1, -0.05) is 58.9 Å². The van der Waals surface area contributed by atoms with E-state index in [9.17, 15) is 9.90 Å². The monoisotopic (exact) mass is 609 g/mol. The molecule has 6 aliphatic rings. The lowest BCUT2D eigenvalue weighted by molar-refractivity contribution is -0.221. The number of fused-ring (bicyclic) bond motifs is 7. The molecule has 0 heterocycles. The highest BCUT2D eigenvalue weighted by Crippen LogP contribution is 2.76. The highest BCUT2D eigenvalue weighted by Gasteiger charge is 2.70. The van der Waals surface area contributed by atoms with E-state index in [1.165, 1.54) is 68.9 Å². The first-order valence-corrected chi connectivity index (χ1v) is 18.1. The van der Waals surface area contributed by atoms with E-state index in [1.54, 1.807) is 5.57 Å². The van der Waals surface area contributed by atoms with Crippen molar-refractivity contribution in [3.8, 4) is 0 Å². The summed E-state index contributed by atoms with van der Waals surface area (Å²) in [5, 5.41) is 13.7. The number of rotatable bonds is 6. The van der Waals surface area contributed by atoms with Gasteiger partial charge in [-0.2, -0.15) is 0 Å². The molecule has 2 N–H and O–H groups in total. The van der Waals surface area contributed by atoms with Crippen LogP contribution in [0.25, 0.3) is 0 Å². The topological polar surface area (TPSA) is 58.6 Å². The van der Waals surface area contributed by atoms with Crippen LogP contribution in [0.4, 0.5) is 0 Å². The highest BCUT2D eigenvalue weighted by atomic mass is 31.0. The lowest BCUT2D eigenvalue weighted by atomic mass is 9.33. The van der Waals surface area contributed by atoms with Crippen molar-refractivity contribution in [1.82, 2.24) is 5.32 Å². The largest absolute Gasteiger partial charge is 0.451 e. The number of allylic oxidation sites excluding steroid dienone is 5. The Hall–Kier alpha value is -0.960. The Balaban J connectivity index is 1.31. The van der Waals surface area contributed by atoms with Gasteiger partial charge in [-0.05, 0) is 146 Å². The van der Waals surface area contributed by atoms with E-state index < -0.39 is 0 Å². The van der Waals surface area contributed by atoms with Crippen LogP contribution in [0, 0.1) is 57.2 Å². The van der Waals surface area contributed by atoms with Gasteiger partial charge in [0, 0.05) is 12.1 Å². The van der Waals surface area contributed by atoms with Crippen molar-refractivity contribution in [1.29, 1.82) is 0 Å². The van der Waals surface area contributed by atoms with E-state index in [0.717, 1.165) is 25.2 Å². The molecule has 4 saturated carbocycles. The van der Waals surface area contributed by atoms with Gasteiger partial charge in [0.1, 0.15) is 0 Å². The Kier molecular flexibility index (Phi) is 8.25. The minimum atomic E-state index is -0.0864. The van der Waals surface area contributed by atoms with Crippen LogP contribution in [-0.2, 0) is 9.32 Å². The molecule has 6 aliphatic carbocycles. The highest BCUT2D eigenvalue weighted by molar-refractivity contribution is 7.10. The molecule has 6 rings (SSSR count). The van der Waals surface area contributed by atoms with Crippen molar-refractivity contribution in [3.05, 3.63) is 35.5 Å². The van der Waals surface area contributed by atoms with Crippen molar-refractivity contribution in [2.24, 2.45) is 57.2 Å². The molecule has 0 aromatic rings. The van der Waals surface area contributed by atoms with Crippen molar-refractivity contribution >= 4 is 15.4 Å². The fourth-order valence-corrected chi connectivity index (χ4v) is 13.5. The molecule has 4 fully saturated rings. The summed E-state index contributed by atoms with van der Waals surface area (Å²) in [5.74, 6) is 3.29. The number of nitrogens with one attached hydrogen (secondary N) is 1. The maximum atomic E-state index is 12.2. The van der Waals surface area contributed by atoms with Gasteiger partial charge in [0.15, 0.2) is 0 Å². The van der Waals surface area contributed by atoms with Crippen LogP contribution in [0.2, 0.25) is 0 Å². The molecule has 0 spiro atoms. The molecule has 0 bridgehead atoms. The lowest BCUT2D eigenvalue weighted by Crippen LogP contribution is -2.68. The quantitative estimate of drug-likeness (QED) is 0.234. The van der Waals surface area contributed by atoms with Gasteiger partial charge in [0.2, 0.25) is 0 Å². The van der Waals surface area contributed by atoms with Gasteiger partial charge in [-0.15, -0.1) is 0 Å². The molecule has 0 aromatic heterocycles. The normalized spacial score (nSPS) is 46.8. The summed E-state index contributed by atoms with van der Waals surface area (Å²) in [6.07, 6.45) is 19.3. The molecular formula is C38H60NO3P. The number of carbonyl (C=O) groups is 1. The molecular weight excluding hydrogens is 549 g/mol. The van der Waals surface area contributed by atoms with E-state index in [1.807, 2.05) is 0 Å². The third kappa shape index (κ3) is 4.57. The number of aliphatic hydroxyl groups is 1. The molecule has 43 heavy (non-hydrogen) atoms. The molecule has 5 heteroatoms. The predicted octanol–water partition coefficient (Wildman–Crippen LogP) is 8.57. The molecule has 4 nitrogen and oxygen atoms in total. The first-order valence-electron chi connectivity index (χ1n) is 17.6. The maximum Gasteiger partial charge on any atom is 0.311 e. The van der Waals surface area contributed by atoms with Gasteiger partial charge < -0.3 is 14.9 Å². The summed E-state index contributed by atoms with van der Waals surface area (Å²) < 4.78 is 4.98. The van der Waals surface area contributed by atoms with Crippen LogP contribution in [0.5, 0.6) is 0 Å². The first-order chi connectivity index (χ1) is 20.3. The molecule has 11 atom stereocenters. The second kappa shape index (κ2) is 11.1. The summed E-state index contributed by atoms with van der Waals surface area (Å²) >= 11 is 0. The zero-order valence-corrected chi connectivity index (χ0v) is 29.2. The average molecular weight is 610 g/mol. The Morgan fingerprint density at radius 3 is 2.42 bits per heavy atom. The SMILES string of the molecule is C=C(C)[C@@H]1CC[C@]2(NCCO)CC[C@]3(C)[C@H](CC[C@@H]4[C@@]5(C)CC=C(C6=CCC(C(=O)OP)CC6)C(C)(C)[C@@H]5CC[C@]43C)[C@@H]12. The van der Waals surface area contributed by atoms with E-state index in [2.05, 4.69) is 75.1 Å². The minimum Gasteiger partial charge on any atom is -0.451 e. The molecule has 0 saturated heterocycles. The van der Waals surface area contributed by atoms with Crippen LogP contribution < -0.4 is 5.32 Å². The summed E-state index contributed by atoms with van der Waals surface area (Å²) in [6, 6.07) is 0. The molecule has 0 aromatic carbocycles. The molecule has 0 aliphatic heterocycles. The summed E-state index contributed by atoms with van der Waals surface area (Å²) in [6.45, 7) is 21.0. The van der Waals surface area contributed by atoms with E-state index in [0.29, 0.717) is 46.5 Å². The van der Waals surface area contributed by atoms with Crippen molar-refractivity contribution < 1.29 is 14.4 Å². The molecule has 2 unspecified atom stereocenters. The summed E-state index contributed by atoms with van der Waals surface area (Å²) in [7, 11) is 2.13. The number of β-amino-alcohol motifs (C(OH)–C–C–N with tert-alkyl or cyclic N) is 1. The van der Waals surface area contributed by atoms with Crippen molar-refractivity contribution in [3.63, 3.8) is 0 Å². The van der Waals surface area contributed by atoms with Crippen LogP contribution in [0.1, 0.15) is 119 Å². The predicted molar refractivity (Wildman–Crippen MR) is 179 cm³/mol. The Bertz CT molecular complexity index is 1210. The first kappa shape index (κ1) is 32.0. The number of aliphatic hydroxyl groups excluding tert-OH is 1. The van der Waals surface area contributed by atoms with Gasteiger partial charge >= 0.3 is 5.97 Å². The molecule has 0 radical (unpaired) electrons. The fraction of sp³-hybridized carbons (Fsp3) is 0.816. The number of hydrogen-bond donors (Lipinski definition) is 2. The maximum absolute atomic E-state index is 12.2. The van der Waals surface area contributed by atoms with Gasteiger partial charge in [-0.25, -0.2) is 0 Å². The third-order valence-corrected chi connectivity index (χ3v) is 15.7. The second-order valence-corrected chi connectivity index (χ2v) is 17.4. The van der Waals surface area contributed by atoms with Crippen molar-refractivity contribution in [2.75, 3.05) is 13.2 Å². The Labute approximate surface area is 264 Å². The second-order valence-electron chi connectivity index (χ2n) is 17.2. The number of hydrogen-bond acceptors (Lipinski definition) is 4. The third-order valence-electron chi connectivity index (χ3n) is 15.4. The van der Waals surface area contributed by atoms with Crippen LogP contribution >= 0.6 is 9.47 Å². The standard InChI is InChI=1S/C38H60NO3P/c1-24(2)27-14-19-38(39-22-23-40)21-20-36(6)29(32(27)38)12-13-31-35(5)17-15-28(25-8-10-26(11-9-25)33(41)42-43)34(3,4)30(35)16-18-37(31,36)7/h8,15,26-27,29-32,39-40H,1,9-14,16-23,43H2,2-7H3/t26?,27-,29+,30-,31+,32+,35-,36+,37+,38-/m0/s1. The van der Waals surface area contributed by atoms with E-state index >= 15 is 0 Å². The lowest BCUT2D eigenvalue weighted by Gasteiger charge is -2.72. The fourth-order valence-electron chi connectivity index (χ4n) is 13.3. The van der Waals surface area contributed by atoms with Crippen LogP contribution in [-0.4, -0.2) is 29.8 Å². The van der Waals surface area contributed by atoms with E-state index in [-0.39, 0.29) is 29.4 Å². The molecule has 240 valence electrons. The number of carbonyl (C=O) groups excluding carboxylic acids is 1. The Morgan fingerprint density at radius 2 is 1.77 bits per heavy atom. The van der Waals surface area contributed by atoms with Gasteiger partial charge in [0.25, 0.3) is 0 Å². The van der Waals surface area contributed by atoms with E-state index in [4.69, 9.17) is 4.52 Å². The van der Waals surface area contributed by atoms with Gasteiger partial charge in [-0.3, -0.25) is 4.79 Å². The Morgan fingerprint density at radius 1 is 1.00 bits per heavy atom. The average Bonchev–Trinajstić information content (AvgIpc) is 3.36. The zero-order valence-electron chi connectivity index (χ0n) is 28.1. The molecule has 0 amide bonds. The zero-order chi connectivity index (χ0) is 31.0. The summed E-state index contributed by atoms with van der Waals surface area (Å²) in [4.78, 5) is 12.2. The van der Waals surface area contributed by atoms with Crippen molar-refractivity contribution in [2.45, 2.75) is 124 Å². The smallest absolute Gasteiger partial charge is 0.311 e. The van der Waals surface area contributed by atoms with Crippen LogP contribution in [0.3, 0.4) is 0 Å². The summed E-state index contributed by atoms with van der Waals surface area (Å²) in [5.41, 5.74) is 5.73. The van der Waals surface area contributed by atoms with Gasteiger partial charge in [0.05, 0.1) is 22.0 Å².